The summed E-state index contributed by atoms with van der Waals surface area (Å²) in [5, 5.41) is 20.6. The van der Waals surface area contributed by atoms with Crippen LogP contribution in [0.2, 0.25) is 0 Å². The maximum Gasteiger partial charge on any atom is 0.137 e. The highest BCUT2D eigenvalue weighted by Crippen LogP contribution is 2.33. The molecule has 4 rings (SSSR count). The van der Waals surface area contributed by atoms with Gasteiger partial charge in [0.2, 0.25) is 0 Å². The van der Waals surface area contributed by atoms with Crippen LogP contribution in [-0.2, 0) is 0 Å². The monoisotopic (exact) mass is 346 g/mol. The van der Waals surface area contributed by atoms with Gasteiger partial charge >= 0.3 is 0 Å². The lowest BCUT2D eigenvalue weighted by Crippen LogP contribution is -2.36. The number of nitrogens with zero attached hydrogens (tertiary/aromatic N) is 3. The van der Waals surface area contributed by atoms with E-state index in [1.807, 2.05) is 24.4 Å². The lowest BCUT2D eigenvalue weighted by atomic mass is 9.89. The van der Waals surface area contributed by atoms with Crippen LogP contribution in [0, 0.1) is 11.3 Å². The largest absolute Gasteiger partial charge is 0.387 e. The number of rotatable bonds is 4. The molecular weight excluding hydrogens is 324 g/mol. The fraction of sp³-hybridized carbons (Fsp3) is 0.333. The molecule has 1 fully saturated rings. The molecule has 26 heavy (non-hydrogen) atoms. The van der Waals surface area contributed by atoms with Crippen LogP contribution in [0.15, 0.2) is 48.8 Å². The van der Waals surface area contributed by atoms with Crippen LogP contribution in [0.5, 0.6) is 0 Å². The SMILES string of the molecule is N#Cc1ccc(C(O)CN2CCC(c3c[nH]c4ncccc34)CC2)cc1. The Bertz CT molecular complexity index is 917. The number of fused-ring (bicyclic) bond motifs is 1. The third-order valence-electron chi connectivity index (χ3n) is 5.37. The summed E-state index contributed by atoms with van der Waals surface area (Å²) in [6.45, 7) is 2.59. The first-order chi connectivity index (χ1) is 12.7. The molecular formula is C21H22N4O. The third kappa shape index (κ3) is 3.34. The van der Waals surface area contributed by atoms with Gasteiger partial charge < -0.3 is 15.0 Å². The number of hydrogen-bond acceptors (Lipinski definition) is 4. The number of aliphatic hydroxyl groups excluding tert-OH is 1. The first kappa shape index (κ1) is 16.8. The maximum absolute atomic E-state index is 10.5. The molecule has 1 atom stereocenters. The minimum absolute atomic E-state index is 0.517. The first-order valence-corrected chi connectivity index (χ1v) is 9.07. The number of benzene rings is 1. The first-order valence-electron chi connectivity index (χ1n) is 9.07. The summed E-state index contributed by atoms with van der Waals surface area (Å²) in [5.74, 6) is 0.538. The van der Waals surface area contributed by atoms with Gasteiger partial charge in [0.1, 0.15) is 5.65 Å². The van der Waals surface area contributed by atoms with Crippen molar-refractivity contribution >= 4 is 11.0 Å². The number of β-amino-alcohol motifs (C(OH)–C–C–N with tert-alkyl or cyclic N) is 1. The average Bonchev–Trinajstić information content (AvgIpc) is 3.13. The van der Waals surface area contributed by atoms with E-state index in [2.05, 4.69) is 33.2 Å². The van der Waals surface area contributed by atoms with Gasteiger partial charge in [0.25, 0.3) is 0 Å². The second-order valence-corrected chi connectivity index (χ2v) is 6.97. The summed E-state index contributed by atoms with van der Waals surface area (Å²) in [4.78, 5) is 9.98. The summed E-state index contributed by atoms with van der Waals surface area (Å²) in [5.41, 5.74) is 3.81. The Hall–Kier alpha value is -2.68. The van der Waals surface area contributed by atoms with Gasteiger partial charge in [-0.1, -0.05) is 12.1 Å². The molecule has 2 aromatic heterocycles. The van der Waals surface area contributed by atoms with Crippen molar-refractivity contribution in [3.05, 3.63) is 65.5 Å². The number of nitriles is 1. The highest BCUT2D eigenvalue weighted by Gasteiger charge is 2.24. The number of aromatic nitrogens is 2. The van der Waals surface area contributed by atoms with Gasteiger partial charge in [-0.25, -0.2) is 4.98 Å². The summed E-state index contributed by atoms with van der Waals surface area (Å²) in [6, 6.07) is 13.4. The van der Waals surface area contributed by atoms with Crippen molar-refractivity contribution in [2.45, 2.75) is 24.9 Å². The molecule has 1 saturated heterocycles. The summed E-state index contributed by atoms with van der Waals surface area (Å²) < 4.78 is 0. The van der Waals surface area contributed by atoms with E-state index in [0.717, 1.165) is 37.1 Å². The van der Waals surface area contributed by atoms with Gasteiger partial charge in [-0.15, -0.1) is 0 Å². The number of aromatic amines is 1. The van der Waals surface area contributed by atoms with Crippen LogP contribution >= 0.6 is 0 Å². The fourth-order valence-corrected chi connectivity index (χ4v) is 3.87. The number of piperidine rings is 1. The lowest BCUT2D eigenvalue weighted by Gasteiger charge is -2.33. The van der Waals surface area contributed by atoms with Crippen LogP contribution in [0.1, 0.15) is 41.6 Å². The quantitative estimate of drug-likeness (QED) is 0.760. The van der Waals surface area contributed by atoms with Gasteiger partial charge in [0.15, 0.2) is 0 Å². The Kier molecular flexibility index (Phi) is 4.70. The zero-order chi connectivity index (χ0) is 17.9. The molecule has 3 heterocycles. The molecule has 1 aliphatic rings. The fourth-order valence-electron chi connectivity index (χ4n) is 3.87. The molecule has 1 aromatic carbocycles. The minimum atomic E-state index is -0.517. The molecule has 0 saturated carbocycles. The molecule has 2 N–H and O–H groups in total. The second-order valence-electron chi connectivity index (χ2n) is 6.97. The van der Waals surface area contributed by atoms with Crippen molar-refractivity contribution in [2.24, 2.45) is 0 Å². The molecule has 1 aliphatic heterocycles. The van der Waals surface area contributed by atoms with Gasteiger partial charge in [-0.2, -0.15) is 5.26 Å². The number of nitrogens with one attached hydrogen (secondary N) is 1. The molecule has 0 bridgehead atoms. The summed E-state index contributed by atoms with van der Waals surface area (Å²) >= 11 is 0. The number of pyridine rings is 1. The van der Waals surface area contributed by atoms with Gasteiger partial charge in [-0.3, -0.25) is 0 Å². The van der Waals surface area contributed by atoms with E-state index in [1.54, 1.807) is 12.1 Å². The zero-order valence-corrected chi connectivity index (χ0v) is 14.6. The molecule has 5 nitrogen and oxygen atoms in total. The molecule has 3 aromatic rings. The van der Waals surface area contributed by atoms with Crippen molar-refractivity contribution in [3.63, 3.8) is 0 Å². The summed E-state index contributed by atoms with van der Waals surface area (Å²) in [6.07, 6.45) is 5.57. The van der Waals surface area contributed by atoms with Crippen molar-refractivity contribution in [2.75, 3.05) is 19.6 Å². The van der Waals surface area contributed by atoms with Crippen LogP contribution < -0.4 is 0 Å². The number of H-pyrrole nitrogens is 1. The third-order valence-corrected chi connectivity index (χ3v) is 5.37. The van der Waals surface area contributed by atoms with Crippen LogP contribution in [0.25, 0.3) is 11.0 Å². The Labute approximate surface area is 152 Å². The van der Waals surface area contributed by atoms with Crippen LogP contribution in [0.3, 0.4) is 0 Å². The number of likely N-dealkylation sites (tertiary alicyclic amines) is 1. The minimum Gasteiger partial charge on any atom is -0.387 e. The second kappa shape index (κ2) is 7.28. The molecule has 0 spiro atoms. The topological polar surface area (TPSA) is 75.9 Å². The zero-order valence-electron chi connectivity index (χ0n) is 14.6. The standard InChI is InChI=1S/C21H22N4O/c22-12-15-3-5-17(6-4-15)20(26)14-25-10-7-16(8-11-25)19-13-24-21-18(19)2-1-9-23-21/h1-6,9,13,16,20,26H,7-8,10-11,14H2,(H,23,24). The highest BCUT2D eigenvalue weighted by atomic mass is 16.3. The smallest absolute Gasteiger partial charge is 0.137 e. The van der Waals surface area contributed by atoms with Crippen LogP contribution in [0.4, 0.5) is 0 Å². The number of aliphatic hydroxyl groups is 1. The maximum atomic E-state index is 10.5. The molecule has 132 valence electrons. The Morgan fingerprint density at radius 2 is 2.00 bits per heavy atom. The van der Waals surface area contributed by atoms with Crippen LogP contribution in [-0.4, -0.2) is 39.6 Å². The van der Waals surface area contributed by atoms with E-state index in [4.69, 9.17) is 5.26 Å². The molecule has 0 amide bonds. The van der Waals surface area contributed by atoms with E-state index < -0.39 is 6.10 Å². The van der Waals surface area contributed by atoms with Gasteiger partial charge in [0.05, 0.1) is 17.7 Å². The van der Waals surface area contributed by atoms with Crippen molar-refractivity contribution in [1.29, 1.82) is 5.26 Å². The van der Waals surface area contributed by atoms with E-state index in [9.17, 15) is 5.11 Å². The Balaban J connectivity index is 1.36. The highest BCUT2D eigenvalue weighted by molar-refractivity contribution is 5.80. The van der Waals surface area contributed by atoms with E-state index in [0.29, 0.717) is 18.0 Å². The van der Waals surface area contributed by atoms with E-state index >= 15 is 0 Å². The van der Waals surface area contributed by atoms with E-state index in [1.165, 1.54) is 10.9 Å². The molecule has 1 unspecified atom stereocenters. The molecule has 0 aliphatic carbocycles. The average molecular weight is 346 g/mol. The van der Waals surface area contributed by atoms with Crippen molar-refractivity contribution < 1.29 is 5.11 Å². The van der Waals surface area contributed by atoms with Gasteiger partial charge in [-0.05, 0) is 67.2 Å². The molecule has 0 radical (unpaired) electrons. The summed E-state index contributed by atoms with van der Waals surface area (Å²) in [7, 11) is 0. The van der Waals surface area contributed by atoms with E-state index in [-0.39, 0.29) is 0 Å². The van der Waals surface area contributed by atoms with Crippen molar-refractivity contribution in [3.8, 4) is 6.07 Å². The predicted octanol–water partition coefficient (Wildman–Crippen LogP) is 3.35. The number of hydrogen-bond donors (Lipinski definition) is 2. The Morgan fingerprint density at radius 3 is 2.73 bits per heavy atom. The lowest BCUT2D eigenvalue weighted by molar-refractivity contribution is 0.0973. The van der Waals surface area contributed by atoms with Crippen molar-refractivity contribution in [1.82, 2.24) is 14.9 Å². The predicted molar refractivity (Wildman–Crippen MR) is 101 cm³/mol. The molecule has 5 heteroatoms. The van der Waals surface area contributed by atoms with Gasteiger partial charge in [0, 0.05) is 24.3 Å². The Morgan fingerprint density at radius 1 is 1.23 bits per heavy atom. The normalized spacial score (nSPS) is 17.2.